The van der Waals surface area contributed by atoms with E-state index in [4.69, 9.17) is 5.84 Å². The van der Waals surface area contributed by atoms with E-state index in [0.717, 1.165) is 11.4 Å². The molecule has 0 radical (unpaired) electrons. The maximum Gasteiger partial charge on any atom is 0.275 e. The van der Waals surface area contributed by atoms with Crippen molar-refractivity contribution in [2.75, 3.05) is 0 Å². The van der Waals surface area contributed by atoms with Crippen LogP contribution in [0.4, 0.5) is 0 Å². The number of nitrogens with one attached hydrogen (secondary N) is 1. The Hall–Kier alpha value is -1.66. The molecule has 84 valence electrons. The number of nitrogens with zero attached hydrogens (tertiary/aromatic N) is 2. The lowest BCUT2D eigenvalue weighted by Crippen LogP contribution is -2.30. The van der Waals surface area contributed by atoms with Gasteiger partial charge in [-0.3, -0.25) is 10.2 Å². The Labute approximate surface area is 96.9 Å². The summed E-state index contributed by atoms with van der Waals surface area (Å²) < 4.78 is 1.98. The van der Waals surface area contributed by atoms with Gasteiger partial charge in [-0.2, -0.15) is 0 Å². The number of hydrogen-bond donors (Lipinski definition) is 2. The Morgan fingerprint density at radius 1 is 1.69 bits per heavy atom. The van der Waals surface area contributed by atoms with Gasteiger partial charge in [0.2, 0.25) is 0 Å². The third-order valence-electron chi connectivity index (χ3n) is 2.35. The minimum absolute atomic E-state index is 0.247. The molecular weight excluding hydrogens is 224 g/mol. The Kier molecular flexibility index (Phi) is 3.02. The minimum atomic E-state index is -0.247. The van der Waals surface area contributed by atoms with Gasteiger partial charge in [0.1, 0.15) is 5.82 Å². The van der Waals surface area contributed by atoms with Crippen LogP contribution in [-0.2, 0) is 6.54 Å². The monoisotopic (exact) mass is 236 g/mol. The molecule has 0 unspecified atom stereocenters. The lowest BCUT2D eigenvalue weighted by atomic mass is 10.2. The fourth-order valence-corrected chi connectivity index (χ4v) is 2.30. The van der Waals surface area contributed by atoms with Crippen LogP contribution < -0.4 is 11.3 Å². The summed E-state index contributed by atoms with van der Waals surface area (Å²) in [6, 6.07) is 1.93. The standard InChI is InChI=1S/C10H12N4OS/c1-7-12-3-4-14(7)6-8-2-5-16-9(8)10(15)13-11/h2-5H,6,11H2,1H3,(H,13,15). The van der Waals surface area contributed by atoms with Crippen molar-refractivity contribution in [2.24, 2.45) is 5.84 Å². The number of hydrogen-bond acceptors (Lipinski definition) is 4. The summed E-state index contributed by atoms with van der Waals surface area (Å²) in [6.45, 7) is 2.56. The van der Waals surface area contributed by atoms with Crippen molar-refractivity contribution in [1.82, 2.24) is 15.0 Å². The molecule has 0 spiro atoms. The van der Waals surface area contributed by atoms with Crippen molar-refractivity contribution in [3.8, 4) is 0 Å². The van der Waals surface area contributed by atoms with Crippen LogP contribution >= 0.6 is 11.3 Å². The SMILES string of the molecule is Cc1nccn1Cc1ccsc1C(=O)NN. The first-order valence-electron chi connectivity index (χ1n) is 4.77. The van der Waals surface area contributed by atoms with Gasteiger partial charge in [0.15, 0.2) is 0 Å². The molecule has 2 heterocycles. The van der Waals surface area contributed by atoms with Crippen LogP contribution in [0, 0.1) is 6.92 Å². The highest BCUT2D eigenvalue weighted by Gasteiger charge is 2.12. The van der Waals surface area contributed by atoms with Gasteiger partial charge in [0.05, 0.1) is 11.4 Å². The average Bonchev–Trinajstić information content (AvgIpc) is 2.88. The number of amides is 1. The molecule has 16 heavy (non-hydrogen) atoms. The fraction of sp³-hybridized carbons (Fsp3) is 0.200. The lowest BCUT2D eigenvalue weighted by molar-refractivity contribution is 0.0957. The van der Waals surface area contributed by atoms with Crippen LogP contribution in [0.5, 0.6) is 0 Å². The van der Waals surface area contributed by atoms with E-state index in [2.05, 4.69) is 10.4 Å². The summed E-state index contributed by atoms with van der Waals surface area (Å²) in [5.74, 6) is 5.80. The number of imidazole rings is 1. The molecule has 0 saturated heterocycles. The van der Waals surface area contributed by atoms with Crippen molar-refractivity contribution >= 4 is 17.2 Å². The number of aryl methyl sites for hydroxylation is 1. The van der Waals surface area contributed by atoms with Gasteiger partial charge in [-0.25, -0.2) is 10.8 Å². The van der Waals surface area contributed by atoms with Crippen LogP contribution in [-0.4, -0.2) is 15.5 Å². The number of aromatic nitrogens is 2. The van der Waals surface area contributed by atoms with Crippen LogP contribution in [0.2, 0.25) is 0 Å². The molecule has 1 amide bonds. The number of carbonyl (C=O) groups is 1. The van der Waals surface area contributed by atoms with Crippen LogP contribution in [0.25, 0.3) is 0 Å². The third-order valence-corrected chi connectivity index (χ3v) is 3.30. The molecule has 0 aliphatic carbocycles. The maximum absolute atomic E-state index is 11.5. The highest BCUT2D eigenvalue weighted by atomic mass is 32.1. The first-order chi connectivity index (χ1) is 7.72. The number of carbonyl (C=O) groups excluding carboxylic acids is 1. The van der Waals surface area contributed by atoms with Crippen molar-refractivity contribution in [2.45, 2.75) is 13.5 Å². The van der Waals surface area contributed by atoms with Gasteiger partial charge in [-0.05, 0) is 23.9 Å². The van der Waals surface area contributed by atoms with E-state index in [-0.39, 0.29) is 5.91 Å². The zero-order valence-corrected chi connectivity index (χ0v) is 9.62. The molecule has 0 atom stereocenters. The molecule has 0 aliphatic heterocycles. The van der Waals surface area contributed by atoms with Gasteiger partial charge >= 0.3 is 0 Å². The van der Waals surface area contributed by atoms with Gasteiger partial charge in [-0.1, -0.05) is 0 Å². The molecule has 0 aromatic carbocycles. The number of nitrogens with two attached hydrogens (primary N) is 1. The summed E-state index contributed by atoms with van der Waals surface area (Å²) in [5.41, 5.74) is 3.10. The van der Waals surface area contributed by atoms with E-state index in [1.165, 1.54) is 11.3 Å². The van der Waals surface area contributed by atoms with Gasteiger partial charge in [-0.15, -0.1) is 11.3 Å². The topological polar surface area (TPSA) is 72.9 Å². The third kappa shape index (κ3) is 1.98. The molecule has 6 heteroatoms. The largest absolute Gasteiger partial charge is 0.331 e. The van der Waals surface area contributed by atoms with E-state index in [0.29, 0.717) is 11.4 Å². The van der Waals surface area contributed by atoms with Crippen LogP contribution in [0.3, 0.4) is 0 Å². The predicted octanol–water partition coefficient (Wildman–Crippen LogP) is 0.905. The molecular formula is C10H12N4OS. The van der Waals surface area contributed by atoms with Crippen molar-refractivity contribution in [3.05, 3.63) is 40.1 Å². The second kappa shape index (κ2) is 4.46. The highest BCUT2D eigenvalue weighted by Crippen LogP contribution is 2.18. The van der Waals surface area contributed by atoms with E-state index in [1.807, 2.05) is 29.1 Å². The first-order valence-corrected chi connectivity index (χ1v) is 5.65. The number of hydrazine groups is 1. The Morgan fingerprint density at radius 3 is 3.12 bits per heavy atom. The second-order valence-electron chi connectivity index (χ2n) is 3.35. The molecule has 0 saturated carbocycles. The van der Waals surface area contributed by atoms with E-state index >= 15 is 0 Å². The lowest BCUT2D eigenvalue weighted by Gasteiger charge is -2.05. The summed E-state index contributed by atoms with van der Waals surface area (Å²) in [4.78, 5) is 16.2. The zero-order chi connectivity index (χ0) is 11.5. The summed E-state index contributed by atoms with van der Waals surface area (Å²) in [7, 11) is 0. The first kappa shape index (κ1) is 10.8. The molecule has 0 aliphatic rings. The maximum atomic E-state index is 11.5. The van der Waals surface area contributed by atoms with Gasteiger partial charge in [0, 0.05) is 12.4 Å². The number of nitrogen functional groups attached to an aromatic ring is 1. The second-order valence-corrected chi connectivity index (χ2v) is 4.27. The minimum Gasteiger partial charge on any atom is -0.331 e. The molecule has 5 nitrogen and oxygen atoms in total. The fourth-order valence-electron chi connectivity index (χ4n) is 1.48. The summed E-state index contributed by atoms with van der Waals surface area (Å²) >= 11 is 1.38. The Balaban J connectivity index is 2.26. The van der Waals surface area contributed by atoms with Gasteiger partial charge in [0.25, 0.3) is 5.91 Å². The molecule has 0 bridgehead atoms. The summed E-state index contributed by atoms with van der Waals surface area (Å²) in [5, 5.41) is 1.88. The van der Waals surface area contributed by atoms with Crippen molar-refractivity contribution in [1.29, 1.82) is 0 Å². The normalized spacial score (nSPS) is 10.4. The van der Waals surface area contributed by atoms with Crippen molar-refractivity contribution in [3.63, 3.8) is 0 Å². The highest BCUT2D eigenvalue weighted by molar-refractivity contribution is 7.12. The Morgan fingerprint density at radius 2 is 2.50 bits per heavy atom. The van der Waals surface area contributed by atoms with E-state index in [9.17, 15) is 4.79 Å². The van der Waals surface area contributed by atoms with Crippen LogP contribution in [0.1, 0.15) is 21.1 Å². The van der Waals surface area contributed by atoms with Crippen molar-refractivity contribution < 1.29 is 4.79 Å². The molecule has 2 rings (SSSR count). The molecule has 2 aromatic heterocycles. The average molecular weight is 236 g/mol. The molecule has 3 N–H and O–H groups in total. The zero-order valence-electron chi connectivity index (χ0n) is 8.80. The number of thiophene rings is 1. The molecule has 0 fully saturated rings. The smallest absolute Gasteiger partial charge is 0.275 e. The molecule has 2 aromatic rings. The van der Waals surface area contributed by atoms with Gasteiger partial charge < -0.3 is 4.57 Å². The van der Waals surface area contributed by atoms with E-state index in [1.54, 1.807) is 6.20 Å². The van der Waals surface area contributed by atoms with E-state index < -0.39 is 0 Å². The van der Waals surface area contributed by atoms with Crippen LogP contribution in [0.15, 0.2) is 23.8 Å². The Bertz CT molecular complexity index is 502. The quantitative estimate of drug-likeness (QED) is 0.472. The number of rotatable bonds is 3. The summed E-state index contributed by atoms with van der Waals surface area (Å²) in [6.07, 6.45) is 3.63. The predicted molar refractivity (Wildman–Crippen MR) is 62.0 cm³/mol.